The van der Waals surface area contributed by atoms with Crippen LogP contribution in [0, 0.1) is 0 Å². The number of hydrogen-bond donors (Lipinski definition) is 1. The fourth-order valence-corrected chi connectivity index (χ4v) is 2.99. The predicted octanol–water partition coefficient (Wildman–Crippen LogP) is 4.03. The summed E-state index contributed by atoms with van der Waals surface area (Å²) < 4.78 is 10.7. The van der Waals surface area contributed by atoms with Gasteiger partial charge in [-0.25, -0.2) is 0 Å². The first-order chi connectivity index (χ1) is 11.3. The van der Waals surface area contributed by atoms with E-state index in [1.165, 1.54) is 0 Å². The van der Waals surface area contributed by atoms with Gasteiger partial charge in [-0.1, -0.05) is 12.1 Å². The number of rotatable bonds is 3. The molecule has 1 aliphatic rings. The Morgan fingerprint density at radius 2 is 1.70 bits per heavy atom. The van der Waals surface area contributed by atoms with E-state index in [1.807, 2.05) is 42.5 Å². The highest BCUT2D eigenvalue weighted by molar-refractivity contribution is 6.24. The predicted molar refractivity (Wildman–Crippen MR) is 92.8 cm³/mol. The SMILES string of the molecule is COc1ccc(C2=NNc3cccc4c(OC)ccc2c34)cc1. The Labute approximate surface area is 134 Å². The maximum atomic E-state index is 5.49. The second-order valence-corrected chi connectivity index (χ2v) is 5.34. The lowest BCUT2D eigenvalue weighted by molar-refractivity contribution is 0.415. The van der Waals surface area contributed by atoms with Crippen LogP contribution < -0.4 is 14.9 Å². The Kier molecular flexibility index (Phi) is 3.15. The van der Waals surface area contributed by atoms with E-state index in [9.17, 15) is 0 Å². The second kappa shape index (κ2) is 5.32. The monoisotopic (exact) mass is 304 g/mol. The minimum atomic E-state index is 0.832. The summed E-state index contributed by atoms with van der Waals surface area (Å²) in [7, 11) is 3.36. The summed E-state index contributed by atoms with van der Waals surface area (Å²) in [5.74, 6) is 1.70. The van der Waals surface area contributed by atoms with Crippen molar-refractivity contribution in [2.45, 2.75) is 0 Å². The van der Waals surface area contributed by atoms with E-state index in [1.54, 1.807) is 14.2 Å². The highest BCUT2D eigenvalue weighted by Gasteiger charge is 2.19. The summed E-state index contributed by atoms with van der Waals surface area (Å²) in [6.45, 7) is 0. The zero-order valence-corrected chi connectivity index (χ0v) is 13.0. The average molecular weight is 304 g/mol. The van der Waals surface area contributed by atoms with Crippen molar-refractivity contribution in [3.05, 3.63) is 65.7 Å². The molecular weight excluding hydrogens is 288 g/mol. The molecule has 0 spiro atoms. The lowest BCUT2D eigenvalue weighted by Gasteiger charge is -2.20. The molecule has 1 aliphatic heterocycles. The minimum absolute atomic E-state index is 0.832. The Morgan fingerprint density at radius 1 is 0.870 bits per heavy atom. The van der Waals surface area contributed by atoms with Crippen LogP contribution in [0.15, 0.2) is 59.7 Å². The lowest BCUT2D eigenvalue weighted by atomic mass is 9.94. The smallest absolute Gasteiger partial charge is 0.126 e. The van der Waals surface area contributed by atoms with Crippen LogP contribution in [-0.2, 0) is 0 Å². The Morgan fingerprint density at radius 3 is 2.43 bits per heavy atom. The van der Waals surface area contributed by atoms with E-state index < -0.39 is 0 Å². The third-order valence-corrected chi connectivity index (χ3v) is 4.13. The highest BCUT2D eigenvalue weighted by Crippen LogP contribution is 2.37. The van der Waals surface area contributed by atoms with Gasteiger partial charge in [0.05, 0.1) is 25.6 Å². The molecule has 1 heterocycles. The largest absolute Gasteiger partial charge is 0.497 e. The zero-order valence-electron chi connectivity index (χ0n) is 13.0. The number of ether oxygens (including phenoxy) is 2. The number of benzene rings is 3. The molecule has 0 bridgehead atoms. The second-order valence-electron chi connectivity index (χ2n) is 5.34. The van der Waals surface area contributed by atoms with Crippen LogP contribution in [0.25, 0.3) is 10.8 Å². The topological polar surface area (TPSA) is 42.8 Å². The molecule has 4 rings (SSSR count). The maximum Gasteiger partial charge on any atom is 0.126 e. The van der Waals surface area contributed by atoms with E-state index >= 15 is 0 Å². The summed E-state index contributed by atoms with van der Waals surface area (Å²) >= 11 is 0. The normalized spacial score (nSPS) is 12.5. The van der Waals surface area contributed by atoms with Crippen molar-refractivity contribution in [2.24, 2.45) is 5.10 Å². The Hall–Kier alpha value is -3.01. The number of nitrogens with one attached hydrogen (secondary N) is 1. The van der Waals surface area contributed by atoms with Gasteiger partial charge in [0.15, 0.2) is 0 Å². The quantitative estimate of drug-likeness (QED) is 0.794. The van der Waals surface area contributed by atoms with Gasteiger partial charge in [-0.3, -0.25) is 5.43 Å². The molecule has 0 radical (unpaired) electrons. The standard InChI is InChI=1S/C19H16N2O2/c1-22-13-8-6-12(7-9-13)19-15-10-11-17(23-2)14-4-3-5-16(18(14)15)20-21-19/h3-11,20H,1-2H3. The summed E-state index contributed by atoms with van der Waals surface area (Å²) in [6.07, 6.45) is 0. The number of nitrogens with zero attached hydrogens (tertiary/aromatic N) is 1. The molecule has 0 amide bonds. The maximum absolute atomic E-state index is 5.49. The van der Waals surface area contributed by atoms with Crippen molar-refractivity contribution in [2.75, 3.05) is 19.6 Å². The van der Waals surface area contributed by atoms with Gasteiger partial charge in [-0.05, 0) is 42.5 Å². The first-order valence-electron chi connectivity index (χ1n) is 7.40. The van der Waals surface area contributed by atoms with Gasteiger partial charge in [0.25, 0.3) is 0 Å². The van der Waals surface area contributed by atoms with Crippen LogP contribution in [0.3, 0.4) is 0 Å². The molecule has 0 fully saturated rings. The number of anilines is 1. The molecule has 0 aromatic heterocycles. The van der Waals surface area contributed by atoms with Crippen LogP contribution in [0.5, 0.6) is 11.5 Å². The van der Waals surface area contributed by atoms with E-state index in [0.29, 0.717) is 0 Å². The van der Waals surface area contributed by atoms with Gasteiger partial charge in [0.2, 0.25) is 0 Å². The lowest BCUT2D eigenvalue weighted by Crippen LogP contribution is -2.12. The zero-order chi connectivity index (χ0) is 15.8. The molecule has 3 aromatic carbocycles. The van der Waals surface area contributed by atoms with Crippen molar-refractivity contribution >= 4 is 22.2 Å². The Bertz CT molecular complexity index is 915. The molecule has 23 heavy (non-hydrogen) atoms. The van der Waals surface area contributed by atoms with Crippen molar-refractivity contribution in [1.82, 2.24) is 0 Å². The molecule has 0 aliphatic carbocycles. The van der Waals surface area contributed by atoms with Crippen LogP contribution in [0.2, 0.25) is 0 Å². The van der Waals surface area contributed by atoms with Crippen LogP contribution >= 0.6 is 0 Å². The van der Waals surface area contributed by atoms with Gasteiger partial charge in [-0.15, -0.1) is 0 Å². The van der Waals surface area contributed by atoms with E-state index in [4.69, 9.17) is 9.47 Å². The number of hydrogen-bond acceptors (Lipinski definition) is 4. The van der Waals surface area contributed by atoms with Crippen LogP contribution in [-0.4, -0.2) is 19.9 Å². The highest BCUT2D eigenvalue weighted by atomic mass is 16.5. The molecule has 0 unspecified atom stereocenters. The van der Waals surface area contributed by atoms with Crippen LogP contribution in [0.1, 0.15) is 11.1 Å². The molecular formula is C19H16N2O2. The first kappa shape index (κ1) is 13.6. The van der Waals surface area contributed by atoms with Gasteiger partial charge < -0.3 is 9.47 Å². The summed E-state index contributed by atoms with van der Waals surface area (Å²) in [4.78, 5) is 0. The van der Waals surface area contributed by atoms with E-state index in [-0.39, 0.29) is 0 Å². The molecule has 4 heteroatoms. The van der Waals surface area contributed by atoms with Gasteiger partial charge >= 0.3 is 0 Å². The van der Waals surface area contributed by atoms with Gasteiger partial charge in [-0.2, -0.15) is 5.10 Å². The summed E-state index contributed by atoms with van der Waals surface area (Å²) in [5, 5.41) is 6.77. The number of methoxy groups -OCH3 is 2. The van der Waals surface area contributed by atoms with Crippen molar-refractivity contribution in [3.63, 3.8) is 0 Å². The molecule has 3 aromatic rings. The number of hydrazone groups is 1. The molecule has 0 saturated heterocycles. The third-order valence-electron chi connectivity index (χ3n) is 4.13. The first-order valence-corrected chi connectivity index (χ1v) is 7.40. The fraction of sp³-hybridized carbons (Fsp3) is 0.105. The van der Waals surface area contributed by atoms with Crippen molar-refractivity contribution in [1.29, 1.82) is 0 Å². The molecule has 0 saturated carbocycles. The van der Waals surface area contributed by atoms with E-state index in [0.717, 1.165) is 44.8 Å². The molecule has 1 N–H and O–H groups in total. The summed E-state index contributed by atoms with van der Waals surface area (Å²) in [6, 6.07) is 18.1. The molecule has 4 nitrogen and oxygen atoms in total. The third kappa shape index (κ3) is 2.11. The van der Waals surface area contributed by atoms with Crippen molar-refractivity contribution < 1.29 is 9.47 Å². The summed E-state index contributed by atoms with van der Waals surface area (Å²) in [5.41, 5.74) is 7.20. The van der Waals surface area contributed by atoms with Crippen molar-refractivity contribution in [3.8, 4) is 11.5 Å². The molecule has 0 atom stereocenters. The Balaban J connectivity index is 1.92. The minimum Gasteiger partial charge on any atom is -0.497 e. The average Bonchev–Trinajstić information content (AvgIpc) is 2.63. The van der Waals surface area contributed by atoms with Gasteiger partial charge in [0.1, 0.15) is 11.5 Å². The van der Waals surface area contributed by atoms with Gasteiger partial charge in [0, 0.05) is 21.9 Å². The van der Waals surface area contributed by atoms with E-state index in [2.05, 4.69) is 22.7 Å². The molecule has 114 valence electrons. The fourth-order valence-electron chi connectivity index (χ4n) is 2.99. The van der Waals surface area contributed by atoms with Crippen LogP contribution in [0.4, 0.5) is 5.69 Å².